The standard InChI is InChI=1S/C17H19N3O/c1-3-15(18-2)17-20-19-16(21-17)11-13-9-6-8-12-7-4-5-10-14(12)13/h4-10,15,18H,3,11H2,1-2H3. The van der Waals surface area contributed by atoms with Gasteiger partial charge in [-0.25, -0.2) is 0 Å². The maximum atomic E-state index is 5.80. The Kier molecular flexibility index (Phi) is 3.97. The Labute approximate surface area is 124 Å². The Morgan fingerprint density at radius 2 is 1.90 bits per heavy atom. The summed E-state index contributed by atoms with van der Waals surface area (Å²) in [7, 11) is 1.91. The zero-order valence-electron chi connectivity index (χ0n) is 12.3. The molecule has 1 atom stereocenters. The molecule has 4 nitrogen and oxygen atoms in total. The molecule has 0 fully saturated rings. The molecule has 4 heteroatoms. The van der Waals surface area contributed by atoms with E-state index in [9.17, 15) is 0 Å². The van der Waals surface area contributed by atoms with Gasteiger partial charge in [0.1, 0.15) is 0 Å². The van der Waals surface area contributed by atoms with Crippen LogP contribution in [0.25, 0.3) is 10.8 Å². The molecule has 0 amide bonds. The molecule has 1 unspecified atom stereocenters. The normalized spacial score (nSPS) is 12.7. The Bertz CT molecular complexity index is 726. The van der Waals surface area contributed by atoms with Gasteiger partial charge in [0.25, 0.3) is 0 Å². The van der Waals surface area contributed by atoms with Crippen LogP contribution in [0.1, 0.15) is 36.7 Å². The van der Waals surface area contributed by atoms with Crippen LogP contribution in [0.3, 0.4) is 0 Å². The molecule has 0 aliphatic rings. The quantitative estimate of drug-likeness (QED) is 0.778. The van der Waals surface area contributed by atoms with Gasteiger partial charge in [0, 0.05) is 0 Å². The van der Waals surface area contributed by atoms with Crippen molar-refractivity contribution in [2.75, 3.05) is 7.05 Å². The van der Waals surface area contributed by atoms with Crippen molar-refractivity contribution in [1.29, 1.82) is 0 Å². The third-order valence-electron chi connectivity index (χ3n) is 3.76. The van der Waals surface area contributed by atoms with E-state index in [2.05, 4.69) is 64.9 Å². The third kappa shape index (κ3) is 2.81. The largest absolute Gasteiger partial charge is 0.423 e. The Balaban J connectivity index is 1.89. The SMILES string of the molecule is CCC(NC)c1nnc(Cc2cccc3ccccc23)o1. The van der Waals surface area contributed by atoms with E-state index in [0.29, 0.717) is 18.2 Å². The lowest BCUT2D eigenvalue weighted by atomic mass is 10.0. The predicted octanol–water partition coefficient (Wildman–Crippen LogP) is 3.48. The van der Waals surface area contributed by atoms with Crippen molar-refractivity contribution in [2.24, 2.45) is 0 Å². The lowest BCUT2D eigenvalue weighted by Crippen LogP contribution is -2.15. The molecular formula is C17H19N3O. The van der Waals surface area contributed by atoms with Gasteiger partial charge in [-0.2, -0.15) is 0 Å². The van der Waals surface area contributed by atoms with E-state index in [0.717, 1.165) is 6.42 Å². The molecule has 0 bridgehead atoms. The smallest absolute Gasteiger partial charge is 0.233 e. The first-order valence-corrected chi connectivity index (χ1v) is 7.28. The molecular weight excluding hydrogens is 262 g/mol. The van der Waals surface area contributed by atoms with Crippen molar-refractivity contribution >= 4 is 10.8 Å². The van der Waals surface area contributed by atoms with Crippen molar-refractivity contribution in [3.05, 3.63) is 59.8 Å². The van der Waals surface area contributed by atoms with Gasteiger partial charge in [-0.1, -0.05) is 49.4 Å². The van der Waals surface area contributed by atoms with Crippen LogP contribution in [0.2, 0.25) is 0 Å². The average Bonchev–Trinajstić information content (AvgIpc) is 2.97. The average molecular weight is 281 g/mol. The van der Waals surface area contributed by atoms with Crippen LogP contribution in [-0.4, -0.2) is 17.2 Å². The number of benzene rings is 2. The van der Waals surface area contributed by atoms with Crippen LogP contribution in [0.4, 0.5) is 0 Å². The molecule has 0 saturated heterocycles. The van der Waals surface area contributed by atoms with Crippen molar-refractivity contribution in [3.63, 3.8) is 0 Å². The lowest BCUT2D eigenvalue weighted by Gasteiger charge is -2.07. The molecule has 3 aromatic rings. The molecule has 1 heterocycles. The van der Waals surface area contributed by atoms with E-state index < -0.39 is 0 Å². The van der Waals surface area contributed by atoms with Gasteiger partial charge in [-0.15, -0.1) is 10.2 Å². The fourth-order valence-electron chi connectivity index (χ4n) is 2.59. The summed E-state index contributed by atoms with van der Waals surface area (Å²) in [6, 6.07) is 14.8. The van der Waals surface area contributed by atoms with Crippen LogP contribution >= 0.6 is 0 Å². The van der Waals surface area contributed by atoms with Crippen molar-refractivity contribution in [2.45, 2.75) is 25.8 Å². The van der Waals surface area contributed by atoms with Gasteiger partial charge >= 0.3 is 0 Å². The second-order valence-corrected chi connectivity index (χ2v) is 5.10. The van der Waals surface area contributed by atoms with E-state index >= 15 is 0 Å². The van der Waals surface area contributed by atoms with Gasteiger partial charge in [-0.3, -0.25) is 0 Å². The van der Waals surface area contributed by atoms with Gasteiger partial charge in [0.2, 0.25) is 11.8 Å². The first-order chi connectivity index (χ1) is 10.3. The highest BCUT2D eigenvalue weighted by atomic mass is 16.4. The van der Waals surface area contributed by atoms with Crippen molar-refractivity contribution < 1.29 is 4.42 Å². The van der Waals surface area contributed by atoms with Gasteiger partial charge < -0.3 is 9.73 Å². The molecule has 2 aromatic carbocycles. The number of rotatable bonds is 5. The molecule has 21 heavy (non-hydrogen) atoms. The van der Waals surface area contributed by atoms with E-state index in [4.69, 9.17) is 4.42 Å². The summed E-state index contributed by atoms with van der Waals surface area (Å²) in [5, 5.41) is 14.0. The number of nitrogens with one attached hydrogen (secondary N) is 1. The number of nitrogens with zero attached hydrogens (tertiary/aromatic N) is 2. The maximum absolute atomic E-state index is 5.80. The number of hydrogen-bond donors (Lipinski definition) is 1. The van der Waals surface area contributed by atoms with Gasteiger partial charge in [-0.05, 0) is 29.8 Å². The highest BCUT2D eigenvalue weighted by Gasteiger charge is 2.15. The fourth-order valence-corrected chi connectivity index (χ4v) is 2.59. The van der Waals surface area contributed by atoms with E-state index in [1.54, 1.807) is 0 Å². The van der Waals surface area contributed by atoms with E-state index in [1.807, 2.05) is 7.05 Å². The first kappa shape index (κ1) is 13.8. The zero-order chi connectivity index (χ0) is 14.7. The van der Waals surface area contributed by atoms with Crippen LogP contribution in [0, 0.1) is 0 Å². The summed E-state index contributed by atoms with van der Waals surface area (Å²) >= 11 is 0. The Hall–Kier alpha value is -2.20. The highest BCUT2D eigenvalue weighted by Crippen LogP contribution is 2.22. The Morgan fingerprint density at radius 3 is 2.71 bits per heavy atom. The first-order valence-electron chi connectivity index (χ1n) is 7.28. The molecule has 0 aliphatic carbocycles. The maximum Gasteiger partial charge on any atom is 0.233 e. The van der Waals surface area contributed by atoms with Crippen LogP contribution < -0.4 is 5.32 Å². The third-order valence-corrected chi connectivity index (χ3v) is 3.76. The number of fused-ring (bicyclic) bond motifs is 1. The molecule has 3 rings (SSSR count). The minimum absolute atomic E-state index is 0.124. The summed E-state index contributed by atoms with van der Waals surface area (Å²) in [5.74, 6) is 1.32. The van der Waals surface area contributed by atoms with E-state index in [1.165, 1.54) is 16.3 Å². The topological polar surface area (TPSA) is 51.0 Å². The summed E-state index contributed by atoms with van der Waals surface area (Å²) in [6.07, 6.45) is 1.58. The summed E-state index contributed by atoms with van der Waals surface area (Å²) in [6.45, 7) is 2.09. The Morgan fingerprint density at radius 1 is 1.10 bits per heavy atom. The van der Waals surface area contributed by atoms with Gasteiger partial charge in [0.15, 0.2) is 0 Å². The molecule has 0 saturated carbocycles. The number of hydrogen-bond acceptors (Lipinski definition) is 4. The second-order valence-electron chi connectivity index (χ2n) is 5.10. The monoisotopic (exact) mass is 281 g/mol. The molecule has 0 spiro atoms. The van der Waals surface area contributed by atoms with Crippen LogP contribution in [-0.2, 0) is 6.42 Å². The molecule has 108 valence electrons. The highest BCUT2D eigenvalue weighted by molar-refractivity contribution is 5.85. The zero-order valence-corrected chi connectivity index (χ0v) is 12.3. The summed E-state index contributed by atoms with van der Waals surface area (Å²) < 4.78 is 5.80. The lowest BCUT2D eigenvalue weighted by molar-refractivity contribution is 0.390. The molecule has 1 N–H and O–H groups in total. The fraction of sp³-hybridized carbons (Fsp3) is 0.294. The molecule has 0 aliphatic heterocycles. The van der Waals surface area contributed by atoms with Crippen molar-refractivity contribution in [1.82, 2.24) is 15.5 Å². The summed E-state index contributed by atoms with van der Waals surface area (Å²) in [4.78, 5) is 0. The van der Waals surface area contributed by atoms with Gasteiger partial charge in [0.05, 0.1) is 12.5 Å². The second kappa shape index (κ2) is 6.06. The minimum Gasteiger partial charge on any atom is -0.423 e. The molecule has 1 aromatic heterocycles. The molecule has 0 radical (unpaired) electrons. The predicted molar refractivity (Wildman–Crippen MR) is 83.1 cm³/mol. The van der Waals surface area contributed by atoms with E-state index in [-0.39, 0.29) is 6.04 Å². The van der Waals surface area contributed by atoms with Crippen LogP contribution in [0.15, 0.2) is 46.9 Å². The van der Waals surface area contributed by atoms with Crippen molar-refractivity contribution in [3.8, 4) is 0 Å². The minimum atomic E-state index is 0.124. The summed E-state index contributed by atoms with van der Waals surface area (Å²) in [5.41, 5.74) is 1.21. The van der Waals surface area contributed by atoms with Crippen LogP contribution in [0.5, 0.6) is 0 Å². The number of aromatic nitrogens is 2.